The van der Waals surface area contributed by atoms with Crippen molar-refractivity contribution >= 4 is 40.9 Å². The molecule has 2 aromatic rings. The summed E-state index contributed by atoms with van der Waals surface area (Å²) in [4.78, 5) is 28.5. The largest absolute Gasteiger partial charge is 0.496 e. The van der Waals surface area contributed by atoms with Gasteiger partial charge in [0.15, 0.2) is 0 Å². The molecule has 142 valence electrons. The van der Waals surface area contributed by atoms with Crippen molar-refractivity contribution in [2.75, 3.05) is 25.2 Å². The molecule has 3 rings (SSSR count). The van der Waals surface area contributed by atoms with Gasteiger partial charge in [-0.1, -0.05) is 17.7 Å². The van der Waals surface area contributed by atoms with Crippen LogP contribution in [0.15, 0.2) is 47.4 Å². The van der Waals surface area contributed by atoms with Crippen LogP contribution >= 0.6 is 23.4 Å². The first kappa shape index (κ1) is 19.6. The van der Waals surface area contributed by atoms with Gasteiger partial charge in [-0.15, -0.1) is 11.8 Å². The highest BCUT2D eigenvalue weighted by molar-refractivity contribution is 7.98. The molecule has 0 aliphatic carbocycles. The highest BCUT2D eigenvalue weighted by Crippen LogP contribution is 2.28. The van der Waals surface area contributed by atoms with Crippen molar-refractivity contribution < 1.29 is 14.3 Å². The number of carbonyl (C=O) groups excluding carboxylic acids is 2. The number of likely N-dealkylation sites (tertiary alicyclic amines) is 1. The van der Waals surface area contributed by atoms with Gasteiger partial charge >= 0.3 is 0 Å². The van der Waals surface area contributed by atoms with Crippen LogP contribution in [0.4, 0.5) is 5.69 Å². The van der Waals surface area contributed by atoms with Gasteiger partial charge in [-0.3, -0.25) is 9.59 Å². The van der Waals surface area contributed by atoms with Gasteiger partial charge in [-0.2, -0.15) is 0 Å². The number of nitrogens with one attached hydrogen (secondary N) is 1. The molecule has 0 bridgehead atoms. The fourth-order valence-electron chi connectivity index (χ4n) is 3.21. The Labute approximate surface area is 168 Å². The minimum absolute atomic E-state index is 0.180. The molecule has 0 spiro atoms. The molecule has 1 N–H and O–H groups in total. The fourth-order valence-corrected chi connectivity index (χ4v) is 3.84. The molecule has 1 heterocycles. The summed E-state index contributed by atoms with van der Waals surface area (Å²) < 4.78 is 5.29. The summed E-state index contributed by atoms with van der Waals surface area (Å²) in [6, 6.07) is 12.0. The summed E-state index contributed by atoms with van der Waals surface area (Å²) in [5.41, 5.74) is 1.10. The van der Waals surface area contributed by atoms with E-state index in [2.05, 4.69) is 5.32 Å². The van der Waals surface area contributed by atoms with Crippen LogP contribution in [-0.4, -0.2) is 42.7 Å². The van der Waals surface area contributed by atoms with E-state index in [1.807, 2.05) is 30.5 Å². The number of benzene rings is 2. The van der Waals surface area contributed by atoms with Crippen molar-refractivity contribution in [1.82, 2.24) is 4.90 Å². The number of methoxy groups -OCH3 is 1. The molecule has 1 aliphatic rings. The van der Waals surface area contributed by atoms with Gasteiger partial charge in [0.2, 0.25) is 5.91 Å². The summed E-state index contributed by atoms with van der Waals surface area (Å²) in [5, 5.41) is 3.38. The van der Waals surface area contributed by atoms with E-state index in [1.54, 1.807) is 34.9 Å². The van der Waals surface area contributed by atoms with Gasteiger partial charge in [0, 0.05) is 22.2 Å². The Bertz CT molecular complexity index is 859. The Morgan fingerprint density at radius 3 is 2.81 bits per heavy atom. The number of nitrogens with zero attached hydrogens (tertiary/aromatic N) is 1. The van der Waals surface area contributed by atoms with Crippen LogP contribution in [0, 0.1) is 0 Å². The van der Waals surface area contributed by atoms with Crippen molar-refractivity contribution in [2.45, 2.75) is 23.8 Å². The third-order valence-corrected chi connectivity index (χ3v) is 5.51. The second-order valence-electron chi connectivity index (χ2n) is 6.22. The molecule has 1 saturated heterocycles. The Balaban J connectivity index is 1.79. The molecule has 7 heteroatoms. The predicted octanol–water partition coefficient (Wildman–Crippen LogP) is 4.31. The van der Waals surface area contributed by atoms with Gasteiger partial charge < -0.3 is 15.0 Å². The Morgan fingerprint density at radius 2 is 2.07 bits per heavy atom. The summed E-state index contributed by atoms with van der Waals surface area (Å²) in [6.45, 7) is 0.525. The van der Waals surface area contributed by atoms with Gasteiger partial charge in [-0.05, 0) is 55.5 Å². The van der Waals surface area contributed by atoms with E-state index in [-0.39, 0.29) is 11.8 Å². The molecule has 1 fully saturated rings. The molecule has 2 amide bonds. The summed E-state index contributed by atoms with van der Waals surface area (Å²) >= 11 is 7.66. The Hall–Kier alpha value is -2.18. The lowest BCUT2D eigenvalue weighted by Crippen LogP contribution is -2.43. The highest BCUT2D eigenvalue weighted by Gasteiger charge is 2.35. The first-order valence-corrected chi connectivity index (χ1v) is 10.2. The minimum Gasteiger partial charge on any atom is -0.496 e. The van der Waals surface area contributed by atoms with Gasteiger partial charge in [0.1, 0.15) is 11.8 Å². The molecule has 1 atom stereocenters. The standard InChI is InChI=1S/C20H21ClN2O3S/c1-26-18-9-8-13(21)11-16(18)20(25)23-10-4-7-17(23)19(24)22-14-5-3-6-15(12-14)27-2/h3,5-6,8-9,11-12,17H,4,7,10H2,1-2H3,(H,22,24). The smallest absolute Gasteiger partial charge is 0.258 e. The maximum absolute atomic E-state index is 13.1. The highest BCUT2D eigenvalue weighted by atomic mass is 35.5. The number of thioether (sulfide) groups is 1. The third-order valence-electron chi connectivity index (χ3n) is 4.55. The number of rotatable bonds is 5. The second-order valence-corrected chi connectivity index (χ2v) is 7.54. The topological polar surface area (TPSA) is 58.6 Å². The van der Waals surface area contributed by atoms with Crippen molar-refractivity contribution in [3.8, 4) is 5.75 Å². The number of amides is 2. The van der Waals surface area contributed by atoms with Crippen LogP contribution in [0.1, 0.15) is 23.2 Å². The summed E-state index contributed by atoms with van der Waals surface area (Å²) in [7, 11) is 1.51. The van der Waals surface area contributed by atoms with Crippen molar-refractivity contribution in [2.24, 2.45) is 0 Å². The average Bonchev–Trinajstić information content (AvgIpc) is 3.17. The Kier molecular flexibility index (Phi) is 6.29. The number of hydrogen-bond acceptors (Lipinski definition) is 4. The van der Waals surface area contributed by atoms with Gasteiger partial charge in [-0.25, -0.2) is 0 Å². The van der Waals surface area contributed by atoms with Crippen molar-refractivity contribution in [1.29, 1.82) is 0 Å². The zero-order valence-electron chi connectivity index (χ0n) is 15.2. The van der Waals surface area contributed by atoms with Gasteiger partial charge in [0.05, 0.1) is 12.7 Å². The maximum Gasteiger partial charge on any atom is 0.258 e. The van der Waals surface area contributed by atoms with E-state index < -0.39 is 6.04 Å². The zero-order chi connectivity index (χ0) is 19.4. The molecule has 0 saturated carbocycles. The quantitative estimate of drug-likeness (QED) is 0.754. The van der Waals surface area contributed by atoms with Gasteiger partial charge in [0.25, 0.3) is 5.91 Å². The molecule has 5 nitrogen and oxygen atoms in total. The summed E-state index contributed by atoms with van der Waals surface area (Å²) in [5.74, 6) is 0.0214. The van der Waals surface area contributed by atoms with Crippen LogP contribution in [0.5, 0.6) is 5.75 Å². The SMILES string of the molecule is COc1ccc(Cl)cc1C(=O)N1CCCC1C(=O)Nc1cccc(SC)c1. The fraction of sp³-hybridized carbons (Fsp3) is 0.300. The van der Waals surface area contributed by atoms with Crippen LogP contribution in [0.25, 0.3) is 0 Å². The number of halogens is 1. The normalized spacial score (nSPS) is 16.3. The van der Waals surface area contributed by atoms with E-state index in [0.29, 0.717) is 29.3 Å². The number of ether oxygens (including phenoxy) is 1. The van der Waals surface area contributed by atoms with E-state index in [1.165, 1.54) is 7.11 Å². The lowest BCUT2D eigenvalue weighted by Gasteiger charge is -2.25. The molecule has 1 aliphatic heterocycles. The molecular formula is C20H21ClN2O3S. The molecule has 0 radical (unpaired) electrons. The zero-order valence-corrected chi connectivity index (χ0v) is 16.8. The molecule has 0 aromatic heterocycles. The van der Waals surface area contributed by atoms with E-state index >= 15 is 0 Å². The Morgan fingerprint density at radius 1 is 1.26 bits per heavy atom. The average molecular weight is 405 g/mol. The minimum atomic E-state index is -0.515. The van der Waals surface area contributed by atoms with Crippen molar-refractivity contribution in [3.05, 3.63) is 53.1 Å². The first-order valence-electron chi connectivity index (χ1n) is 8.63. The number of hydrogen-bond donors (Lipinski definition) is 1. The van der Waals surface area contributed by atoms with Crippen molar-refractivity contribution in [3.63, 3.8) is 0 Å². The predicted molar refractivity (Wildman–Crippen MR) is 109 cm³/mol. The van der Waals surface area contributed by atoms with E-state index in [9.17, 15) is 9.59 Å². The maximum atomic E-state index is 13.1. The monoisotopic (exact) mass is 404 g/mol. The second kappa shape index (κ2) is 8.67. The van der Waals surface area contributed by atoms with Crippen LogP contribution in [0.3, 0.4) is 0 Å². The van der Waals surface area contributed by atoms with Crippen LogP contribution in [-0.2, 0) is 4.79 Å². The molecular weight excluding hydrogens is 384 g/mol. The molecule has 1 unspecified atom stereocenters. The van der Waals surface area contributed by atoms with Crippen LogP contribution in [0.2, 0.25) is 5.02 Å². The van der Waals surface area contributed by atoms with E-state index in [4.69, 9.17) is 16.3 Å². The first-order chi connectivity index (χ1) is 13.0. The van der Waals surface area contributed by atoms with E-state index in [0.717, 1.165) is 17.0 Å². The number of anilines is 1. The van der Waals surface area contributed by atoms with Crippen LogP contribution < -0.4 is 10.1 Å². The molecule has 27 heavy (non-hydrogen) atoms. The third kappa shape index (κ3) is 4.39. The lowest BCUT2D eigenvalue weighted by atomic mass is 10.1. The number of carbonyl (C=O) groups is 2. The molecule has 2 aromatic carbocycles. The lowest BCUT2D eigenvalue weighted by molar-refractivity contribution is -0.119. The summed E-state index contributed by atoms with van der Waals surface area (Å²) in [6.07, 6.45) is 3.39.